The third kappa shape index (κ3) is 3.51. The average molecular weight is 285 g/mol. The van der Waals surface area contributed by atoms with Crippen LogP contribution in [0.5, 0.6) is 0 Å². The fraction of sp³-hybridized carbons (Fsp3) is 0.412. The average Bonchev–Trinajstić information content (AvgIpc) is 2.41. The first-order valence-electron chi connectivity index (χ1n) is 7.22. The van der Waals surface area contributed by atoms with Crippen molar-refractivity contribution >= 4 is 28.2 Å². The second-order valence-electron chi connectivity index (χ2n) is 6.62. The van der Waals surface area contributed by atoms with Gasteiger partial charge in [0.15, 0.2) is 0 Å². The number of aromatic nitrogens is 1. The van der Waals surface area contributed by atoms with Crippen LogP contribution in [0.25, 0.3) is 10.9 Å². The number of nitrogen functional groups attached to an aromatic ring is 1. The van der Waals surface area contributed by atoms with Crippen molar-refractivity contribution in [2.75, 3.05) is 11.1 Å². The van der Waals surface area contributed by atoms with E-state index in [1.54, 1.807) is 12.3 Å². The van der Waals surface area contributed by atoms with Crippen LogP contribution in [0.3, 0.4) is 0 Å². The Hall–Kier alpha value is -2.10. The van der Waals surface area contributed by atoms with Gasteiger partial charge < -0.3 is 11.1 Å². The van der Waals surface area contributed by atoms with Crippen LogP contribution in [0.2, 0.25) is 0 Å². The predicted octanol–water partition coefficient (Wildman–Crippen LogP) is 3.83. The summed E-state index contributed by atoms with van der Waals surface area (Å²) in [7, 11) is 0. The Kier molecular flexibility index (Phi) is 4.16. The molecule has 0 spiro atoms. The van der Waals surface area contributed by atoms with E-state index in [4.69, 9.17) is 5.73 Å². The van der Waals surface area contributed by atoms with Gasteiger partial charge in [-0.15, -0.1) is 0 Å². The molecule has 0 radical (unpaired) electrons. The molecule has 0 aliphatic rings. The summed E-state index contributed by atoms with van der Waals surface area (Å²) >= 11 is 0. The zero-order valence-corrected chi connectivity index (χ0v) is 13.1. The lowest BCUT2D eigenvalue weighted by Crippen LogP contribution is -2.24. The quantitative estimate of drug-likeness (QED) is 0.842. The van der Waals surface area contributed by atoms with Crippen molar-refractivity contribution in [3.8, 4) is 0 Å². The molecule has 4 nitrogen and oxygen atoms in total. The van der Waals surface area contributed by atoms with E-state index in [0.29, 0.717) is 18.0 Å². The monoisotopic (exact) mass is 285 g/mol. The van der Waals surface area contributed by atoms with E-state index in [1.807, 2.05) is 18.2 Å². The molecule has 4 heteroatoms. The van der Waals surface area contributed by atoms with E-state index in [9.17, 15) is 4.79 Å². The van der Waals surface area contributed by atoms with Gasteiger partial charge in [-0.2, -0.15) is 0 Å². The van der Waals surface area contributed by atoms with Gasteiger partial charge in [-0.1, -0.05) is 27.7 Å². The second kappa shape index (κ2) is 5.72. The first kappa shape index (κ1) is 15.3. The third-order valence-electron chi connectivity index (χ3n) is 4.04. The number of nitrogens with zero attached hydrogens (tertiary/aromatic N) is 1. The van der Waals surface area contributed by atoms with Crippen LogP contribution in [0.15, 0.2) is 30.5 Å². The molecule has 21 heavy (non-hydrogen) atoms. The molecular formula is C17H23N3O. The fourth-order valence-corrected chi connectivity index (χ4v) is 2.09. The highest BCUT2D eigenvalue weighted by atomic mass is 16.1. The lowest BCUT2D eigenvalue weighted by Gasteiger charge is -2.26. The SMILES string of the molecule is CC(CC(=O)Nc1ccc(N)c2ncccc12)C(C)(C)C. The van der Waals surface area contributed by atoms with Crippen molar-refractivity contribution in [1.82, 2.24) is 4.98 Å². The van der Waals surface area contributed by atoms with Gasteiger partial charge in [-0.25, -0.2) is 0 Å². The van der Waals surface area contributed by atoms with Crippen LogP contribution in [-0.4, -0.2) is 10.9 Å². The Balaban J connectivity index is 2.21. The van der Waals surface area contributed by atoms with Gasteiger partial charge in [-0.05, 0) is 35.6 Å². The number of amides is 1. The molecule has 1 atom stereocenters. The minimum atomic E-state index is 0.0207. The molecule has 1 aromatic carbocycles. The van der Waals surface area contributed by atoms with Crippen molar-refractivity contribution in [3.63, 3.8) is 0 Å². The minimum absolute atomic E-state index is 0.0207. The molecule has 1 aromatic heterocycles. The van der Waals surface area contributed by atoms with Crippen molar-refractivity contribution in [1.29, 1.82) is 0 Å². The highest BCUT2D eigenvalue weighted by Crippen LogP contribution is 2.30. The number of hydrogen-bond donors (Lipinski definition) is 2. The Morgan fingerprint density at radius 3 is 2.71 bits per heavy atom. The Bertz CT molecular complexity index is 659. The molecule has 0 bridgehead atoms. The number of nitrogens with two attached hydrogens (primary N) is 1. The number of fused-ring (bicyclic) bond motifs is 1. The van der Waals surface area contributed by atoms with Gasteiger partial charge in [0, 0.05) is 18.0 Å². The van der Waals surface area contributed by atoms with Crippen LogP contribution in [0.1, 0.15) is 34.1 Å². The normalized spacial score (nSPS) is 13.1. The molecule has 2 rings (SSSR count). The third-order valence-corrected chi connectivity index (χ3v) is 4.04. The van der Waals surface area contributed by atoms with E-state index in [1.165, 1.54) is 0 Å². The molecule has 3 N–H and O–H groups in total. The Morgan fingerprint density at radius 1 is 1.33 bits per heavy atom. The number of carbonyl (C=O) groups is 1. The minimum Gasteiger partial charge on any atom is -0.397 e. The topological polar surface area (TPSA) is 68.0 Å². The molecule has 0 aliphatic carbocycles. The Labute approximate surface area is 125 Å². The molecule has 1 amide bonds. The fourth-order valence-electron chi connectivity index (χ4n) is 2.09. The maximum atomic E-state index is 12.2. The number of hydrogen-bond acceptors (Lipinski definition) is 3. The summed E-state index contributed by atoms with van der Waals surface area (Å²) in [6, 6.07) is 7.37. The number of rotatable bonds is 3. The van der Waals surface area contributed by atoms with Crippen LogP contribution in [-0.2, 0) is 4.79 Å². The number of carbonyl (C=O) groups excluding carboxylic acids is 1. The first-order chi connectivity index (χ1) is 9.79. The molecular weight excluding hydrogens is 262 g/mol. The van der Waals surface area contributed by atoms with Gasteiger partial charge in [0.25, 0.3) is 0 Å². The highest BCUT2D eigenvalue weighted by Gasteiger charge is 2.22. The number of pyridine rings is 1. The molecule has 112 valence electrons. The summed E-state index contributed by atoms with van der Waals surface area (Å²) < 4.78 is 0. The largest absolute Gasteiger partial charge is 0.397 e. The Morgan fingerprint density at radius 2 is 2.05 bits per heavy atom. The smallest absolute Gasteiger partial charge is 0.224 e. The number of anilines is 2. The maximum Gasteiger partial charge on any atom is 0.224 e. The summed E-state index contributed by atoms with van der Waals surface area (Å²) in [6.07, 6.45) is 2.20. The summed E-state index contributed by atoms with van der Waals surface area (Å²) in [5, 5.41) is 3.85. The molecule has 0 fully saturated rings. The summed E-state index contributed by atoms with van der Waals surface area (Å²) in [5.74, 6) is 0.322. The molecule has 2 aromatic rings. The molecule has 0 saturated heterocycles. The van der Waals surface area contributed by atoms with Gasteiger partial charge in [0.2, 0.25) is 5.91 Å². The van der Waals surface area contributed by atoms with Gasteiger partial charge in [0.1, 0.15) is 0 Å². The number of nitrogens with one attached hydrogen (secondary N) is 1. The van der Waals surface area contributed by atoms with Crippen LogP contribution >= 0.6 is 0 Å². The standard InChI is InChI=1S/C17H23N3O/c1-11(17(2,3)4)10-15(21)20-14-8-7-13(18)16-12(14)6-5-9-19-16/h5-9,11H,10,18H2,1-4H3,(H,20,21). The van der Waals surface area contributed by atoms with Gasteiger partial charge in [-0.3, -0.25) is 9.78 Å². The maximum absolute atomic E-state index is 12.2. The molecule has 0 saturated carbocycles. The van der Waals surface area contributed by atoms with Crippen LogP contribution in [0.4, 0.5) is 11.4 Å². The van der Waals surface area contributed by atoms with Crippen molar-refractivity contribution in [2.24, 2.45) is 11.3 Å². The van der Waals surface area contributed by atoms with Crippen molar-refractivity contribution in [3.05, 3.63) is 30.5 Å². The molecule has 1 unspecified atom stereocenters. The van der Waals surface area contributed by atoms with Crippen LogP contribution in [0, 0.1) is 11.3 Å². The van der Waals surface area contributed by atoms with E-state index in [0.717, 1.165) is 16.6 Å². The van der Waals surface area contributed by atoms with Gasteiger partial charge >= 0.3 is 0 Å². The lowest BCUT2D eigenvalue weighted by molar-refractivity contribution is -0.117. The molecule has 1 heterocycles. The van der Waals surface area contributed by atoms with E-state index in [-0.39, 0.29) is 11.3 Å². The summed E-state index contributed by atoms with van der Waals surface area (Å²) in [6.45, 7) is 8.54. The highest BCUT2D eigenvalue weighted by molar-refractivity contribution is 6.04. The summed E-state index contributed by atoms with van der Waals surface area (Å²) in [4.78, 5) is 16.5. The van der Waals surface area contributed by atoms with E-state index in [2.05, 4.69) is 38.0 Å². The number of benzene rings is 1. The first-order valence-corrected chi connectivity index (χ1v) is 7.22. The van der Waals surface area contributed by atoms with Crippen molar-refractivity contribution in [2.45, 2.75) is 34.1 Å². The van der Waals surface area contributed by atoms with E-state index >= 15 is 0 Å². The zero-order chi connectivity index (χ0) is 15.6. The van der Waals surface area contributed by atoms with Gasteiger partial charge in [0.05, 0.1) is 16.9 Å². The molecule has 0 aliphatic heterocycles. The lowest BCUT2D eigenvalue weighted by atomic mass is 9.80. The predicted molar refractivity (Wildman–Crippen MR) is 88.0 cm³/mol. The van der Waals surface area contributed by atoms with Crippen LogP contribution < -0.4 is 11.1 Å². The van der Waals surface area contributed by atoms with Crippen molar-refractivity contribution < 1.29 is 4.79 Å². The summed E-state index contributed by atoms with van der Waals surface area (Å²) in [5.41, 5.74) is 8.13. The second-order valence-corrected chi connectivity index (χ2v) is 6.62. The van der Waals surface area contributed by atoms with E-state index < -0.39 is 0 Å². The zero-order valence-electron chi connectivity index (χ0n) is 13.1.